The molecule has 0 aromatic heterocycles. The van der Waals surface area contributed by atoms with Crippen LogP contribution in [0.2, 0.25) is 0 Å². The quantitative estimate of drug-likeness (QED) is 0.749. The topological polar surface area (TPSA) is 75.6 Å². The van der Waals surface area contributed by atoms with Gasteiger partial charge in [0.15, 0.2) is 6.10 Å². The first-order chi connectivity index (χ1) is 13.1. The number of aliphatic carboxylic acids is 1. The number of hydrogen-bond donors (Lipinski definition) is 2. The van der Waals surface area contributed by atoms with Crippen molar-refractivity contribution >= 4 is 11.9 Å². The van der Waals surface area contributed by atoms with E-state index < -0.39 is 24.0 Å². The minimum Gasteiger partial charge on any atom is -0.480 e. The molecule has 0 unspecified atom stereocenters. The van der Waals surface area contributed by atoms with Crippen LogP contribution >= 0.6 is 0 Å². The Bertz CT molecular complexity index is 741. The van der Waals surface area contributed by atoms with E-state index in [1.54, 1.807) is 0 Å². The second-order valence-corrected chi connectivity index (χ2v) is 6.92. The van der Waals surface area contributed by atoms with Crippen molar-refractivity contribution in [2.75, 3.05) is 0 Å². The summed E-state index contributed by atoms with van der Waals surface area (Å²) in [5.41, 5.74) is 1.60. The largest absolute Gasteiger partial charge is 0.480 e. The number of hydrogen-bond acceptors (Lipinski definition) is 3. The third kappa shape index (κ3) is 5.41. The zero-order valence-electron chi connectivity index (χ0n) is 15.2. The van der Waals surface area contributed by atoms with E-state index in [-0.39, 0.29) is 12.5 Å². The van der Waals surface area contributed by atoms with Crippen LogP contribution < -0.4 is 5.32 Å². The molecular weight excluding hydrogens is 342 g/mol. The fraction of sp³-hybridized carbons (Fsp3) is 0.364. The summed E-state index contributed by atoms with van der Waals surface area (Å²) in [6, 6.07) is 17.5. The summed E-state index contributed by atoms with van der Waals surface area (Å²) in [5.74, 6) is -1.46. The van der Waals surface area contributed by atoms with E-state index >= 15 is 0 Å². The van der Waals surface area contributed by atoms with Crippen molar-refractivity contribution in [2.24, 2.45) is 0 Å². The molecule has 2 aromatic rings. The van der Waals surface area contributed by atoms with Gasteiger partial charge >= 0.3 is 5.97 Å². The third-order valence-electron chi connectivity index (χ3n) is 4.87. The van der Waals surface area contributed by atoms with Crippen molar-refractivity contribution in [3.63, 3.8) is 0 Å². The summed E-state index contributed by atoms with van der Waals surface area (Å²) in [4.78, 5) is 24.6. The van der Waals surface area contributed by atoms with Crippen molar-refractivity contribution < 1.29 is 19.4 Å². The number of carbonyl (C=O) groups excluding carboxylic acids is 1. The van der Waals surface area contributed by atoms with Crippen LogP contribution in [0.1, 0.15) is 42.9 Å². The maximum Gasteiger partial charge on any atom is 0.326 e. The number of nitrogens with one attached hydrogen (secondary N) is 1. The number of carboxylic acid groups (broad SMARTS) is 1. The van der Waals surface area contributed by atoms with Gasteiger partial charge in [-0.25, -0.2) is 4.79 Å². The van der Waals surface area contributed by atoms with E-state index in [1.807, 2.05) is 60.7 Å². The first kappa shape index (κ1) is 19.1. The molecule has 0 spiro atoms. The van der Waals surface area contributed by atoms with Crippen LogP contribution in [-0.2, 0) is 20.7 Å². The van der Waals surface area contributed by atoms with Crippen molar-refractivity contribution in [2.45, 2.75) is 50.4 Å². The minimum atomic E-state index is -1.06. The number of amides is 1. The lowest BCUT2D eigenvalue weighted by Gasteiger charge is -2.24. The second-order valence-electron chi connectivity index (χ2n) is 6.92. The standard InChI is InChI=1S/C22H25NO4/c24-21(23-19(22(25)26)15-16-9-3-1-4-10-16)20(17-11-5-2-6-12-17)27-18-13-7-8-14-18/h1-6,9-12,18-20H,7-8,13-15H2,(H,23,24)(H,25,26)/t19-,20+/m0/s1. The number of ether oxygens (including phenoxy) is 1. The highest BCUT2D eigenvalue weighted by atomic mass is 16.5. The first-order valence-corrected chi connectivity index (χ1v) is 9.41. The molecule has 3 rings (SSSR count). The highest BCUT2D eigenvalue weighted by Crippen LogP contribution is 2.28. The zero-order valence-corrected chi connectivity index (χ0v) is 15.2. The molecule has 0 bridgehead atoms. The lowest BCUT2D eigenvalue weighted by atomic mass is 10.0. The second kappa shape index (κ2) is 9.33. The van der Waals surface area contributed by atoms with Crippen molar-refractivity contribution in [1.82, 2.24) is 5.32 Å². The molecule has 2 N–H and O–H groups in total. The van der Waals surface area contributed by atoms with Gasteiger partial charge in [0, 0.05) is 6.42 Å². The molecule has 1 fully saturated rings. The Balaban J connectivity index is 1.74. The van der Waals surface area contributed by atoms with Gasteiger partial charge in [-0.3, -0.25) is 4.79 Å². The number of rotatable bonds is 8. The van der Waals surface area contributed by atoms with Gasteiger partial charge < -0.3 is 15.2 Å². The molecular formula is C22H25NO4. The summed E-state index contributed by atoms with van der Waals surface area (Å²) in [6.07, 6.45) is 3.53. The molecule has 142 valence electrons. The molecule has 1 aliphatic rings. The summed E-state index contributed by atoms with van der Waals surface area (Å²) in [7, 11) is 0. The van der Waals surface area contributed by atoms with E-state index in [9.17, 15) is 14.7 Å². The summed E-state index contributed by atoms with van der Waals surface area (Å²) < 4.78 is 6.09. The Morgan fingerprint density at radius 2 is 1.59 bits per heavy atom. The monoisotopic (exact) mass is 367 g/mol. The molecule has 27 heavy (non-hydrogen) atoms. The number of benzene rings is 2. The predicted molar refractivity (Wildman–Crippen MR) is 102 cm³/mol. The smallest absolute Gasteiger partial charge is 0.326 e. The molecule has 0 radical (unpaired) electrons. The maximum absolute atomic E-state index is 12.9. The van der Waals surface area contributed by atoms with Crippen LogP contribution in [-0.4, -0.2) is 29.1 Å². The predicted octanol–water partition coefficient (Wildman–Crippen LogP) is 3.50. The Kier molecular flexibility index (Phi) is 6.60. The molecule has 5 nitrogen and oxygen atoms in total. The van der Waals surface area contributed by atoms with Gasteiger partial charge in [-0.05, 0) is 24.0 Å². The fourth-order valence-corrected chi connectivity index (χ4v) is 3.43. The Labute approximate surface area is 159 Å². The molecule has 5 heteroatoms. The van der Waals surface area contributed by atoms with Gasteiger partial charge in [-0.1, -0.05) is 73.5 Å². The first-order valence-electron chi connectivity index (χ1n) is 9.41. The van der Waals surface area contributed by atoms with Crippen molar-refractivity contribution in [1.29, 1.82) is 0 Å². The van der Waals surface area contributed by atoms with Gasteiger partial charge in [0.25, 0.3) is 5.91 Å². The van der Waals surface area contributed by atoms with Crippen LogP contribution in [0.5, 0.6) is 0 Å². The molecule has 1 amide bonds. The molecule has 1 saturated carbocycles. The Hall–Kier alpha value is -2.66. The summed E-state index contributed by atoms with van der Waals surface area (Å²) in [6.45, 7) is 0. The van der Waals surface area contributed by atoms with Crippen LogP contribution in [0, 0.1) is 0 Å². The van der Waals surface area contributed by atoms with E-state index in [0.29, 0.717) is 0 Å². The zero-order chi connectivity index (χ0) is 19.1. The van der Waals surface area contributed by atoms with E-state index in [0.717, 1.165) is 36.8 Å². The average Bonchev–Trinajstić information content (AvgIpc) is 3.20. The lowest BCUT2D eigenvalue weighted by Crippen LogP contribution is -2.45. The molecule has 2 atom stereocenters. The Morgan fingerprint density at radius 1 is 1.00 bits per heavy atom. The summed E-state index contributed by atoms with van der Waals surface area (Å²) >= 11 is 0. The molecule has 0 saturated heterocycles. The normalized spacial score (nSPS) is 16.6. The minimum absolute atomic E-state index is 0.0401. The van der Waals surface area contributed by atoms with Crippen molar-refractivity contribution in [3.8, 4) is 0 Å². The fourth-order valence-electron chi connectivity index (χ4n) is 3.43. The molecule has 2 aromatic carbocycles. The van der Waals surface area contributed by atoms with Crippen molar-refractivity contribution in [3.05, 3.63) is 71.8 Å². The molecule has 0 heterocycles. The van der Waals surface area contributed by atoms with Crippen LogP contribution in [0.25, 0.3) is 0 Å². The van der Waals surface area contributed by atoms with Crippen LogP contribution in [0.3, 0.4) is 0 Å². The highest BCUT2D eigenvalue weighted by molar-refractivity contribution is 5.87. The number of carbonyl (C=O) groups is 2. The van der Waals surface area contributed by atoms with Crippen LogP contribution in [0.4, 0.5) is 0 Å². The Morgan fingerprint density at radius 3 is 2.19 bits per heavy atom. The SMILES string of the molecule is O=C(O)[C@H](Cc1ccccc1)NC(=O)[C@H](OC1CCCC1)c1ccccc1. The van der Waals surface area contributed by atoms with E-state index in [2.05, 4.69) is 5.32 Å². The van der Waals surface area contributed by atoms with E-state index in [4.69, 9.17) is 4.74 Å². The maximum atomic E-state index is 12.9. The van der Waals surface area contributed by atoms with Crippen LogP contribution in [0.15, 0.2) is 60.7 Å². The average molecular weight is 367 g/mol. The highest BCUT2D eigenvalue weighted by Gasteiger charge is 2.30. The lowest BCUT2D eigenvalue weighted by molar-refractivity contribution is -0.146. The number of carboxylic acids is 1. The van der Waals surface area contributed by atoms with Gasteiger partial charge in [0.05, 0.1) is 6.10 Å². The third-order valence-corrected chi connectivity index (χ3v) is 4.87. The van der Waals surface area contributed by atoms with Gasteiger partial charge in [-0.15, -0.1) is 0 Å². The van der Waals surface area contributed by atoms with E-state index in [1.165, 1.54) is 0 Å². The molecule has 1 aliphatic carbocycles. The van der Waals surface area contributed by atoms with Gasteiger partial charge in [0.2, 0.25) is 0 Å². The molecule has 0 aliphatic heterocycles. The van der Waals surface area contributed by atoms with Gasteiger partial charge in [0.1, 0.15) is 6.04 Å². The van der Waals surface area contributed by atoms with Gasteiger partial charge in [-0.2, -0.15) is 0 Å². The summed E-state index contributed by atoms with van der Waals surface area (Å²) in [5, 5.41) is 12.2.